The molecule has 4 heteroatoms. The van der Waals surface area contributed by atoms with Gasteiger partial charge in [0.2, 0.25) is 0 Å². The molecule has 0 amide bonds. The highest BCUT2D eigenvalue weighted by molar-refractivity contribution is 8.00. The second kappa shape index (κ2) is 7.95. The number of fused-ring (bicyclic) bond motifs is 1. The molecule has 0 radical (unpaired) electrons. The van der Waals surface area contributed by atoms with Crippen molar-refractivity contribution in [1.82, 2.24) is 9.97 Å². The number of Topliss-reactive ketones (excluding diaryl/α,β-unsaturated/α-hetero) is 1. The van der Waals surface area contributed by atoms with E-state index in [-0.39, 0.29) is 5.78 Å². The zero-order valence-electron chi connectivity index (χ0n) is 15.8. The molecule has 0 saturated carbocycles. The van der Waals surface area contributed by atoms with Crippen LogP contribution in [-0.4, -0.2) is 21.5 Å². The second-order valence-electron chi connectivity index (χ2n) is 6.77. The number of aromatic nitrogens is 2. The summed E-state index contributed by atoms with van der Waals surface area (Å²) in [4.78, 5) is 22.3. The normalized spacial score (nSPS) is 10.9. The Labute approximate surface area is 168 Å². The zero-order chi connectivity index (χ0) is 19.5. The van der Waals surface area contributed by atoms with Gasteiger partial charge in [0.15, 0.2) is 11.6 Å². The lowest BCUT2D eigenvalue weighted by atomic mass is 10.0. The molecule has 0 atom stereocenters. The van der Waals surface area contributed by atoms with Crippen LogP contribution in [0.5, 0.6) is 0 Å². The number of hydrogen-bond donors (Lipinski definition) is 0. The summed E-state index contributed by atoms with van der Waals surface area (Å²) in [6.45, 7) is 3.98. The number of carbonyl (C=O) groups excluding carboxylic acids is 1. The SMILES string of the molecule is Cc1ccc(C)c(C(=O)CSc2nc(-c3ccccc3)nc3ccccc23)c1. The van der Waals surface area contributed by atoms with Crippen LogP contribution in [0.4, 0.5) is 0 Å². The van der Waals surface area contributed by atoms with Crippen molar-refractivity contribution in [2.45, 2.75) is 18.9 Å². The van der Waals surface area contributed by atoms with Gasteiger partial charge in [-0.2, -0.15) is 0 Å². The van der Waals surface area contributed by atoms with E-state index in [0.29, 0.717) is 11.6 Å². The molecule has 3 nitrogen and oxygen atoms in total. The van der Waals surface area contributed by atoms with Crippen LogP contribution in [0.3, 0.4) is 0 Å². The van der Waals surface area contributed by atoms with E-state index in [4.69, 9.17) is 9.97 Å². The highest BCUT2D eigenvalue weighted by atomic mass is 32.2. The third kappa shape index (κ3) is 3.82. The number of nitrogens with zero attached hydrogens (tertiary/aromatic N) is 2. The number of para-hydroxylation sites is 1. The van der Waals surface area contributed by atoms with Crippen molar-refractivity contribution >= 4 is 28.4 Å². The van der Waals surface area contributed by atoms with Gasteiger partial charge in [-0.15, -0.1) is 0 Å². The molecule has 0 unspecified atom stereocenters. The van der Waals surface area contributed by atoms with E-state index in [2.05, 4.69) is 0 Å². The Bertz CT molecular complexity index is 1160. The molecule has 0 saturated heterocycles. The van der Waals surface area contributed by atoms with Gasteiger partial charge in [0, 0.05) is 16.5 Å². The Hall–Kier alpha value is -2.98. The number of ketones is 1. The fourth-order valence-electron chi connectivity index (χ4n) is 3.12. The van der Waals surface area contributed by atoms with Crippen LogP contribution >= 0.6 is 11.8 Å². The van der Waals surface area contributed by atoms with E-state index in [1.165, 1.54) is 11.8 Å². The molecular weight excluding hydrogens is 364 g/mol. The largest absolute Gasteiger partial charge is 0.293 e. The van der Waals surface area contributed by atoms with Crippen molar-refractivity contribution in [2.75, 3.05) is 5.75 Å². The van der Waals surface area contributed by atoms with Crippen molar-refractivity contribution in [3.63, 3.8) is 0 Å². The van der Waals surface area contributed by atoms with Crippen molar-refractivity contribution in [3.8, 4) is 11.4 Å². The Morgan fingerprint density at radius 1 is 0.893 bits per heavy atom. The van der Waals surface area contributed by atoms with Crippen LogP contribution < -0.4 is 0 Å². The molecule has 0 bridgehead atoms. The molecule has 0 spiro atoms. The van der Waals surface area contributed by atoms with Crippen LogP contribution in [0.25, 0.3) is 22.3 Å². The van der Waals surface area contributed by atoms with Gasteiger partial charge in [-0.05, 0) is 31.5 Å². The Morgan fingerprint density at radius 2 is 1.64 bits per heavy atom. The summed E-state index contributed by atoms with van der Waals surface area (Å²) in [5.74, 6) is 1.15. The average molecular weight is 385 g/mol. The maximum atomic E-state index is 12.8. The summed E-state index contributed by atoms with van der Waals surface area (Å²) in [6, 6.07) is 23.9. The molecule has 4 aromatic rings. The molecule has 1 aromatic heterocycles. The van der Waals surface area contributed by atoms with Crippen LogP contribution in [-0.2, 0) is 0 Å². The van der Waals surface area contributed by atoms with Gasteiger partial charge >= 0.3 is 0 Å². The number of hydrogen-bond acceptors (Lipinski definition) is 4. The van der Waals surface area contributed by atoms with E-state index in [1.54, 1.807) is 0 Å². The minimum absolute atomic E-state index is 0.121. The number of carbonyl (C=O) groups is 1. The van der Waals surface area contributed by atoms with Gasteiger partial charge in [-0.1, -0.05) is 78.0 Å². The molecule has 0 aliphatic rings. The number of aryl methyl sites for hydroxylation is 2. The summed E-state index contributed by atoms with van der Waals surface area (Å²) in [7, 11) is 0. The van der Waals surface area contributed by atoms with Crippen molar-refractivity contribution in [1.29, 1.82) is 0 Å². The molecule has 0 aliphatic heterocycles. The topological polar surface area (TPSA) is 42.9 Å². The Morgan fingerprint density at radius 3 is 2.46 bits per heavy atom. The average Bonchev–Trinajstić information content (AvgIpc) is 2.74. The van der Waals surface area contributed by atoms with Gasteiger partial charge in [0.25, 0.3) is 0 Å². The maximum absolute atomic E-state index is 12.8. The third-order valence-electron chi connectivity index (χ3n) is 4.63. The minimum atomic E-state index is 0.121. The highest BCUT2D eigenvalue weighted by Crippen LogP contribution is 2.29. The monoisotopic (exact) mass is 384 g/mol. The van der Waals surface area contributed by atoms with Gasteiger partial charge < -0.3 is 0 Å². The van der Waals surface area contributed by atoms with Crippen molar-refractivity contribution in [3.05, 3.63) is 89.5 Å². The summed E-state index contributed by atoms with van der Waals surface area (Å²) < 4.78 is 0. The maximum Gasteiger partial charge on any atom is 0.173 e. The first-order valence-corrected chi connectivity index (χ1v) is 10.2. The smallest absolute Gasteiger partial charge is 0.173 e. The first kappa shape index (κ1) is 18.4. The summed E-state index contributed by atoms with van der Waals surface area (Å²) in [6.07, 6.45) is 0. The number of rotatable bonds is 5. The molecule has 0 N–H and O–H groups in total. The number of benzene rings is 3. The van der Waals surface area contributed by atoms with Gasteiger partial charge in [-0.3, -0.25) is 4.79 Å². The molecule has 0 aliphatic carbocycles. The lowest BCUT2D eigenvalue weighted by Crippen LogP contribution is -2.06. The molecule has 28 heavy (non-hydrogen) atoms. The Kier molecular flexibility index (Phi) is 5.22. The molecule has 4 rings (SSSR count). The molecule has 3 aromatic carbocycles. The van der Waals surface area contributed by atoms with E-state index < -0.39 is 0 Å². The van der Waals surface area contributed by atoms with E-state index in [0.717, 1.165) is 38.2 Å². The van der Waals surface area contributed by atoms with Crippen LogP contribution in [0.15, 0.2) is 77.8 Å². The van der Waals surface area contributed by atoms with Crippen LogP contribution in [0.1, 0.15) is 21.5 Å². The first-order valence-electron chi connectivity index (χ1n) is 9.17. The summed E-state index contributed by atoms with van der Waals surface area (Å²) >= 11 is 1.48. The predicted molar refractivity (Wildman–Crippen MR) is 116 cm³/mol. The lowest BCUT2D eigenvalue weighted by Gasteiger charge is -2.09. The third-order valence-corrected chi connectivity index (χ3v) is 5.62. The summed E-state index contributed by atoms with van der Waals surface area (Å²) in [5.41, 5.74) is 4.75. The van der Waals surface area contributed by atoms with Gasteiger partial charge in [0.05, 0.1) is 11.3 Å². The minimum Gasteiger partial charge on any atom is -0.293 e. The fourth-order valence-corrected chi connectivity index (χ4v) is 4.02. The second-order valence-corrected chi connectivity index (χ2v) is 7.73. The molecular formula is C24H20N2OS. The van der Waals surface area contributed by atoms with Crippen molar-refractivity contribution in [2.24, 2.45) is 0 Å². The molecule has 138 valence electrons. The Balaban J connectivity index is 1.68. The highest BCUT2D eigenvalue weighted by Gasteiger charge is 2.14. The van der Waals surface area contributed by atoms with E-state index in [9.17, 15) is 4.79 Å². The molecule has 1 heterocycles. The van der Waals surface area contributed by atoms with Gasteiger partial charge in [-0.25, -0.2) is 9.97 Å². The summed E-state index contributed by atoms with van der Waals surface area (Å²) in [5, 5.41) is 1.81. The van der Waals surface area contributed by atoms with E-state index >= 15 is 0 Å². The zero-order valence-corrected chi connectivity index (χ0v) is 16.7. The van der Waals surface area contributed by atoms with E-state index in [1.807, 2.05) is 86.6 Å². The first-order chi connectivity index (χ1) is 13.6. The fraction of sp³-hybridized carbons (Fsp3) is 0.125. The van der Waals surface area contributed by atoms with Crippen LogP contribution in [0.2, 0.25) is 0 Å². The quantitative estimate of drug-likeness (QED) is 0.244. The number of thioether (sulfide) groups is 1. The molecule has 0 fully saturated rings. The predicted octanol–water partition coefficient (Wildman–Crippen LogP) is 5.89. The van der Waals surface area contributed by atoms with Crippen LogP contribution in [0, 0.1) is 13.8 Å². The standard InChI is InChI=1S/C24H20N2OS/c1-16-12-13-17(2)20(14-16)22(27)15-28-24-19-10-6-7-11-21(19)25-23(26-24)18-8-4-3-5-9-18/h3-14H,15H2,1-2H3. The van der Waals surface area contributed by atoms with Gasteiger partial charge in [0.1, 0.15) is 5.03 Å². The van der Waals surface area contributed by atoms with Crippen molar-refractivity contribution < 1.29 is 4.79 Å². The lowest BCUT2D eigenvalue weighted by molar-refractivity contribution is 0.102.